The van der Waals surface area contributed by atoms with E-state index in [4.69, 9.17) is 0 Å². The zero-order valence-corrected chi connectivity index (χ0v) is 19.4. The molecule has 150 valence electrons. The Hall–Kier alpha value is -0.740. The largest absolute Gasteiger partial charge is 0.274 e. The molecule has 0 nitrogen and oxygen atoms in total. The maximum Gasteiger partial charge on any atom is 0.274 e. The molecular formula is C24H26Br2F2. The molecule has 0 heterocycles. The molecule has 2 aliphatic rings. The van der Waals surface area contributed by atoms with Gasteiger partial charge in [0.05, 0.1) is 0 Å². The molecule has 1 unspecified atom stereocenters. The first-order valence-electron chi connectivity index (χ1n) is 10.4. The Labute approximate surface area is 183 Å². The van der Waals surface area contributed by atoms with Crippen LogP contribution in [0.1, 0.15) is 81.4 Å². The SMILES string of the molecule is CCCCCCCCC12CCC(F)(F)c3c(Br)ccc(c31)-c1ccc(Br)cc12. The minimum absolute atomic E-state index is 0.0795. The van der Waals surface area contributed by atoms with Crippen molar-refractivity contribution >= 4 is 31.9 Å². The van der Waals surface area contributed by atoms with E-state index in [1.807, 2.05) is 12.1 Å². The molecule has 0 fully saturated rings. The minimum atomic E-state index is -2.77. The van der Waals surface area contributed by atoms with Gasteiger partial charge < -0.3 is 0 Å². The molecule has 0 saturated heterocycles. The van der Waals surface area contributed by atoms with Gasteiger partial charge in [-0.05, 0) is 53.3 Å². The molecule has 0 radical (unpaired) electrons. The van der Waals surface area contributed by atoms with Crippen LogP contribution < -0.4 is 0 Å². The highest BCUT2D eigenvalue weighted by molar-refractivity contribution is 9.10. The van der Waals surface area contributed by atoms with E-state index in [0.29, 0.717) is 10.9 Å². The molecule has 28 heavy (non-hydrogen) atoms. The topological polar surface area (TPSA) is 0 Å². The van der Waals surface area contributed by atoms with E-state index in [1.165, 1.54) is 37.7 Å². The minimum Gasteiger partial charge on any atom is -0.201 e. The van der Waals surface area contributed by atoms with Crippen LogP contribution in [0.2, 0.25) is 0 Å². The number of unbranched alkanes of at least 4 members (excludes halogenated alkanes) is 5. The molecule has 0 aliphatic heterocycles. The molecule has 2 aromatic rings. The molecule has 0 aromatic heterocycles. The normalized spacial score (nSPS) is 21.5. The van der Waals surface area contributed by atoms with Crippen molar-refractivity contribution in [3.8, 4) is 11.1 Å². The van der Waals surface area contributed by atoms with Crippen molar-refractivity contribution in [2.75, 3.05) is 0 Å². The number of benzene rings is 2. The quantitative estimate of drug-likeness (QED) is 0.325. The van der Waals surface area contributed by atoms with Gasteiger partial charge >= 0.3 is 0 Å². The predicted molar refractivity (Wildman–Crippen MR) is 119 cm³/mol. The van der Waals surface area contributed by atoms with Gasteiger partial charge in [-0.25, -0.2) is 8.78 Å². The van der Waals surface area contributed by atoms with Crippen molar-refractivity contribution < 1.29 is 8.78 Å². The second-order valence-corrected chi connectivity index (χ2v) is 10.1. The summed E-state index contributed by atoms with van der Waals surface area (Å²) >= 11 is 7.07. The van der Waals surface area contributed by atoms with E-state index in [1.54, 1.807) is 6.07 Å². The molecule has 4 rings (SSSR count). The van der Waals surface area contributed by atoms with E-state index >= 15 is 0 Å². The molecule has 2 aromatic carbocycles. The Bertz CT molecular complexity index is 890. The van der Waals surface area contributed by atoms with Gasteiger partial charge in [0.2, 0.25) is 0 Å². The van der Waals surface area contributed by atoms with Crippen molar-refractivity contribution in [1.29, 1.82) is 0 Å². The summed E-state index contributed by atoms with van der Waals surface area (Å²) in [7, 11) is 0. The Morgan fingerprint density at radius 1 is 0.857 bits per heavy atom. The van der Waals surface area contributed by atoms with Crippen LogP contribution >= 0.6 is 31.9 Å². The Kier molecular flexibility index (Phi) is 5.74. The molecule has 4 heteroatoms. The average molecular weight is 512 g/mol. The third-order valence-corrected chi connectivity index (χ3v) is 7.76. The summed E-state index contributed by atoms with van der Waals surface area (Å²) in [5.41, 5.74) is 4.22. The Morgan fingerprint density at radius 3 is 2.36 bits per heavy atom. The first-order valence-corrected chi connectivity index (χ1v) is 12.0. The van der Waals surface area contributed by atoms with Gasteiger partial charge in [-0.1, -0.05) is 89.4 Å². The van der Waals surface area contributed by atoms with Gasteiger partial charge in [0.15, 0.2) is 0 Å². The highest BCUT2D eigenvalue weighted by Gasteiger charge is 2.54. The third kappa shape index (κ3) is 3.29. The zero-order chi connectivity index (χ0) is 19.9. The summed E-state index contributed by atoms with van der Waals surface area (Å²) in [6.45, 7) is 2.23. The van der Waals surface area contributed by atoms with Gasteiger partial charge in [-0.2, -0.15) is 0 Å². The van der Waals surface area contributed by atoms with E-state index in [-0.39, 0.29) is 17.4 Å². The molecule has 0 spiro atoms. The predicted octanol–water partition coefficient (Wildman–Crippen LogP) is 9.11. The van der Waals surface area contributed by atoms with Crippen LogP contribution in [0.15, 0.2) is 39.3 Å². The van der Waals surface area contributed by atoms with Crippen molar-refractivity contribution in [3.63, 3.8) is 0 Å². The molecule has 1 atom stereocenters. The molecule has 0 bridgehead atoms. The van der Waals surface area contributed by atoms with Crippen LogP contribution in [0.5, 0.6) is 0 Å². The molecular weight excluding hydrogens is 486 g/mol. The number of hydrogen-bond acceptors (Lipinski definition) is 0. The number of rotatable bonds is 7. The van der Waals surface area contributed by atoms with E-state index < -0.39 is 5.92 Å². The summed E-state index contributed by atoms with van der Waals surface area (Å²) in [5, 5.41) is 0. The lowest BCUT2D eigenvalue weighted by atomic mass is 9.65. The highest BCUT2D eigenvalue weighted by Crippen LogP contribution is 2.62. The van der Waals surface area contributed by atoms with Gasteiger partial charge in [-0.15, -0.1) is 0 Å². The van der Waals surface area contributed by atoms with Gasteiger partial charge in [0, 0.05) is 26.3 Å². The molecule has 0 N–H and O–H groups in total. The standard InChI is InChI=1S/C24H26Br2F2/c1-2-3-4-5-6-7-12-23-13-14-24(27,28)22-20(26)11-10-18(21(22)23)17-9-8-16(25)15-19(17)23/h8-11,15H,2-7,12-14H2,1H3. The Morgan fingerprint density at radius 2 is 1.57 bits per heavy atom. The first-order chi connectivity index (χ1) is 13.4. The lowest BCUT2D eigenvalue weighted by Crippen LogP contribution is -2.36. The van der Waals surface area contributed by atoms with E-state index in [0.717, 1.165) is 34.0 Å². The van der Waals surface area contributed by atoms with Crippen molar-refractivity contribution in [1.82, 2.24) is 0 Å². The summed E-state index contributed by atoms with van der Waals surface area (Å²) in [6.07, 6.45) is 8.71. The summed E-state index contributed by atoms with van der Waals surface area (Å²) in [6, 6.07) is 10.1. The fourth-order valence-corrected chi connectivity index (χ4v) is 6.27. The van der Waals surface area contributed by atoms with Crippen molar-refractivity contribution in [2.45, 2.75) is 76.0 Å². The van der Waals surface area contributed by atoms with Gasteiger partial charge in [-0.3, -0.25) is 0 Å². The summed E-state index contributed by atoms with van der Waals surface area (Å²) < 4.78 is 31.6. The van der Waals surface area contributed by atoms with Crippen LogP contribution in [0, 0.1) is 0 Å². The lowest BCUT2D eigenvalue weighted by molar-refractivity contribution is -0.0312. The second kappa shape index (κ2) is 7.83. The highest BCUT2D eigenvalue weighted by atomic mass is 79.9. The maximum atomic E-state index is 15.0. The fourth-order valence-electron chi connectivity index (χ4n) is 5.29. The Balaban J connectivity index is 1.78. The van der Waals surface area contributed by atoms with E-state index in [9.17, 15) is 8.78 Å². The van der Waals surface area contributed by atoms with Gasteiger partial charge in [0.25, 0.3) is 5.92 Å². The molecule has 2 aliphatic carbocycles. The lowest BCUT2D eigenvalue weighted by Gasteiger charge is -2.41. The first kappa shape index (κ1) is 20.5. The number of alkyl halides is 2. The van der Waals surface area contributed by atoms with Gasteiger partial charge in [0.1, 0.15) is 0 Å². The maximum absolute atomic E-state index is 15.0. The fraction of sp³-hybridized carbons (Fsp3) is 0.500. The van der Waals surface area contributed by atoms with Crippen molar-refractivity contribution in [3.05, 3.63) is 56.0 Å². The number of halogens is 4. The number of hydrogen-bond donors (Lipinski definition) is 0. The van der Waals surface area contributed by atoms with E-state index in [2.05, 4.69) is 50.9 Å². The van der Waals surface area contributed by atoms with Crippen LogP contribution in [-0.4, -0.2) is 0 Å². The molecule has 0 saturated carbocycles. The zero-order valence-electron chi connectivity index (χ0n) is 16.3. The van der Waals surface area contributed by atoms with Crippen molar-refractivity contribution in [2.24, 2.45) is 0 Å². The van der Waals surface area contributed by atoms with Crippen LogP contribution in [0.3, 0.4) is 0 Å². The van der Waals surface area contributed by atoms with Crippen LogP contribution in [-0.2, 0) is 11.3 Å². The average Bonchev–Trinajstić information content (AvgIpc) is 2.92. The third-order valence-electron chi connectivity index (χ3n) is 6.61. The monoisotopic (exact) mass is 510 g/mol. The molecule has 0 amide bonds. The van der Waals surface area contributed by atoms with Crippen LogP contribution in [0.25, 0.3) is 11.1 Å². The summed E-state index contributed by atoms with van der Waals surface area (Å²) in [5.74, 6) is -2.77. The van der Waals surface area contributed by atoms with Crippen LogP contribution in [0.4, 0.5) is 8.78 Å². The smallest absolute Gasteiger partial charge is 0.201 e. The second-order valence-electron chi connectivity index (χ2n) is 8.34. The number of fused-ring (bicyclic) bond motifs is 3. The summed E-state index contributed by atoms with van der Waals surface area (Å²) in [4.78, 5) is 0.